The van der Waals surface area contributed by atoms with Gasteiger partial charge in [0.1, 0.15) is 6.29 Å². The van der Waals surface area contributed by atoms with E-state index in [2.05, 4.69) is 0 Å². The Balaban J connectivity index is 2.14. The molecule has 0 unspecified atom stereocenters. The number of carbonyl (C=O) groups is 1. The molecular weight excluding hydrogens is 229 g/mol. The Morgan fingerprint density at radius 3 is 2.71 bits per heavy atom. The molecule has 0 saturated heterocycles. The highest BCUT2D eigenvalue weighted by Crippen LogP contribution is 2.49. The minimum atomic E-state index is -4.29. The molecule has 1 aliphatic rings. The molecule has 0 radical (unpaired) electrons. The van der Waals surface area contributed by atoms with Crippen molar-refractivity contribution in [3.8, 4) is 0 Å². The number of alkyl halides is 3. The maximum Gasteiger partial charge on any atom is 0.416 e. The molecule has 0 heterocycles. The fraction of sp³-hybridized carbons (Fsp3) is 0.308. The first-order valence-electron chi connectivity index (χ1n) is 5.31. The number of carbonyl (C=O) groups excluding carboxylic acids is 1. The van der Waals surface area contributed by atoms with Crippen molar-refractivity contribution >= 4 is 6.29 Å². The SMILES string of the molecule is O=CC=C[C@@H]1C[C@@H]1c1cccc(C(F)(F)F)c1. The molecule has 1 aromatic carbocycles. The number of aldehydes is 1. The van der Waals surface area contributed by atoms with Crippen LogP contribution < -0.4 is 0 Å². The van der Waals surface area contributed by atoms with Crippen molar-refractivity contribution in [2.75, 3.05) is 0 Å². The van der Waals surface area contributed by atoms with Crippen molar-refractivity contribution < 1.29 is 18.0 Å². The van der Waals surface area contributed by atoms with Crippen molar-refractivity contribution in [3.63, 3.8) is 0 Å². The third-order valence-corrected chi connectivity index (χ3v) is 2.92. The summed E-state index contributed by atoms with van der Waals surface area (Å²) in [6.07, 6.45) is 0.350. The highest BCUT2D eigenvalue weighted by Gasteiger charge is 2.38. The molecule has 0 aliphatic heterocycles. The topological polar surface area (TPSA) is 17.1 Å². The Morgan fingerprint density at radius 1 is 1.29 bits per heavy atom. The first-order valence-corrected chi connectivity index (χ1v) is 5.31. The second-order valence-electron chi connectivity index (χ2n) is 4.15. The minimum absolute atomic E-state index is 0.119. The van der Waals surface area contributed by atoms with Crippen LogP contribution in [0.1, 0.15) is 23.5 Å². The quantitative estimate of drug-likeness (QED) is 0.583. The molecule has 1 nitrogen and oxygen atoms in total. The fourth-order valence-electron chi connectivity index (χ4n) is 1.94. The van der Waals surface area contributed by atoms with E-state index in [0.717, 1.165) is 12.5 Å². The van der Waals surface area contributed by atoms with Crippen LogP contribution >= 0.6 is 0 Å². The van der Waals surface area contributed by atoms with Gasteiger partial charge in [-0.15, -0.1) is 0 Å². The van der Waals surface area contributed by atoms with E-state index in [1.165, 1.54) is 18.2 Å². The first kappa shape index (κ1) is 11.9. The summed E-state index contributed by atoms with van der Waals surface area (Å²) in [5.41, 5.74) is 0.0837. The highest BCUT2D eigenvalue weighted by molar-refractivity contribution is 5.65. The molecule has 4 heteroatoms. The lowest BCUT2D eigenvalue weighted by Gasteiger charge is -2.08. The largest absolute Gasteiger partial charge is 0.416 e. The van der Waals surface area contributed by atoms with E-state index in [4.69, 9.17) is 0 Å². The Labute approximate surface area is 96.9 Å². The summed E-state index contributed by atoms with van der Waals surface area (Å²) in [6.45, 7) is 0. The lowest BCUT2D eigenvalue weighted by atomic mass is 10.1. The van der Waals surface area contributed by atoms with Gasteiger partial charge in [-0.2, -0.15) is 13.2 Å². The van der Waals surface area contributed by atoms with Crippen LogP contribution in [0.3, 0.4) is 0 Å². The molecule has 17 heavy (non-hydrogen) atoms. The normalized spacial score (nSPS) is 23.9. The van der Waals surface area contributed by atoms with Gasteiger partial charge in [-0.1, -0.05) is 24.3 Å². The third kappa shape index (κ3) is 2.75. The van der Waals surface area contributed by atoms with Crippen molar-refractivity contribution in [2.45, 2.75) is 18.5 Å². The predicted molar refractivity (Wildman–Crippen MR) is 57.5 cm³/mol. The van der Waals surface area contributed by atoms with Crippen LogP contribution in [-0.4, -0.2) is 6.29 Å². The third-order valence-electron chi connectivity index (χ3n) is 2.92. The molecule has 0 aromatic heterocycles. The summed E-state index contributed by atoms with van der Waals surface area (Å²) in [7, 11) is 0. The van der Waals surface area contributed by atoms with Gasteiger partial charge in [-0.25, -0.2) is 0 Å². The zero-order valence-electron chi connectivity index (χ0n) is 8.95. The van der Waals surface area contributed by atoms with E-state index in [-0.39, 0.29) is 11.8 Å². The molecule has 1 aliphatic carbocycles. The highest BCUT2D eigenvalue weighted by atomic mass is 19.4. The molecule has 0 amide bonds. The Bertz CT molecular complexity index is 448. The Hall–Kier alpha value is -1.58. The Morgan fingerprint density at radius 2 is 2.06 bits per heavy atom. The van der Waals surface area contributed by atoms with Crippen LogP contribution in [0.2, 0.25) is 0 Å². The van der Waals surface area contributed by atoms with Gasteiger partial charge in [0.2, 0.25) is 0 Å². The number of halogens is 3. The summed E-state index contributed by atoms with van der Waals surface area (Å²) in [5, 5.41) is 0. The number of rotatable bonds is 3. The van der Waals surface area contributed by atoms with Crippen LogP contribution in [-0.2, 0) is 11.0 Å². The predicted octanol–water partition coefficient (Wildman–Crippen LogP) is 3.56. The average Bonchev–Trinajstić information content (AvgIpc) is 3.05. The number of hydrogen-bond acceptors (Lipinski definition) is 1. The van der Waals surface area contributed by atoms with Gasteiger partial charge in [0.25, 0.3) is 0 Å². The van der Waals surface area contributed by atoms with Crippen LogP contribution in [0.4, 0.5) is 13.2 Å². The molecule has 0 N–H and O–H groups in total. The van der Waals surface area contributed by atoms with E-state index in [1.807, 2.05) is 0 Å². The van der Waals surface area contributed by atoms with Crippen LogP contribution in [0.25, 0.3) is 0 Å². The second-order valence-corrected chi connectivity index (χ2v) is 4.15. The zero-order chi connectivity index (χ0) is 12.5. The van der Waals surface area contributed by atoms with Crippen molar-refractivity contribution in [3.05, 3.63) is 47.5 Å². The monoisotopic (exact) mass is 240 g/mol. The molecule has 2 atom stereocenters. The molecule has 1 saturated carbocycles. The van der Waals surface area contributed by atoms with Gasteiger partial charge in [0.05, 0.1) is 5.56 Å². The van der Waals surface area contributed by atoms with E-state index in [9.17, 15) is 18.0 Å². The summed E-state index contributed by atoms with van der Waals surface area (Å²) in [6, 6.07) is 5.40. The molecule has 1 aromatic rings. The maximum atomic E-state index is 12.5. The molecule has 90 valence electrons. The van der Waals surface area contributed by atoms with Gasteiger partial charge in [-0.3, -0.25) is 4.79 Å². The van der Waals surface area contributed by atoms with Gasteiger partial charge in [-0.05, 0) is 36.0 Å². The summed E-state index contributed by atoms with van der Waals surface area (Å²) >= 11 is 0. The van der Waals surface area contributed by atoms with Crippen LogP contribution in [0.5, 0.6) is 0 Å². The first-order chi connectivity index (χ1) is 8.02. The van der Waals surface area contributed by atoms with E-state index >= 15 is 0 Å². The van der Waals surface area contributed by atoms with E-state index < -0.39 is 11.7 Å². The maximum absolute atomic E-state index is 12.5. The van der Waals surface area contributed by atoms with Gasteiger partial charge < -0.3 is 0 Å². The summed E-state index contributed by atoms with van der Waals surface area (Å²) in [4.78, 5) is 10.1. The van der Waals surface area contributed by atoms with E-state index in [1.54, 1.807) is 12.1 Å². The molecule has 0 bridgehead atoms. The van der Waals surface area contributed by atoms with Gasteiger partial charge in [0.15, 0.2) is 0 Å². The molecule has 0 spiro atoms. The van der Waals surface area contributed by atoms with E-state index in [0.29, 0.717) is 11.8 Å². The molecule has 1 fully saturated rings. The Kier molecular flexibility index (Phi) is 3.05. The minimum Gasteiger partial charge on any atom is -0.299 e. The van der Waals surface area contributed by atoms with Crippen molar-refractivity contribution in [1.29, 1.82) is 0 Å². The second kappa shape index (κ2) is 4.35. The smallest absolute Gasteiger partial charge is 0.299 e. The van der Waals surface area contributed by atoms with Crippen molar-refractivity contribution in [1.82, 2.24) is 0 Å². The number of hydrogen-bond donors (Lipinski definition) is 0. The summed E-state index contributed by atoms with van der Waals surface area (Å²) < 4.78 is 37.5. The lowest BCUT2D eigenvalue weighted by molar-refractivity contribution is -0.137. The van der Waals surface area contributed by atoms with Gasteiger partial charge in [0, 0.05) is 0 Å². The number of allylic oxidation sites excluding steroid dienone is 2. The van der Waals surface area contributed by atoms with Gasteiger partial charge >= 0.3 is 6.18 Å². The standard InChI is InChI=1S/C13H11F3O/c14-13(15,16)11-5-1-3-9(7-11)12-8-10(12)4-2-6-17/h1-7,10,12H,8H2/t10-,12-/m1/s1. The van der Waals surface area contributed by atoms with Crippen LogP contribution in [0, 0.1) is 5.92 Å². The lowest BCUT2D eigenvalue weighted by Crippen LogP contribution is -2.05. The fourth-order valence-corrected chi connectivity index (χ4v) is 1.94. The van der Waals surface area contributed by atoms with Crippen molar-refractivity contribution in [2.24, 2.45) is 5.92 Å². The summed E-state index contributed by atoms with van der Waals surface area (Å²) in [5.74, 6) is 0.317. The van der Waals surface area contributed by atoms with Crippen LogP contribution in [0.15, 0.2) is 36.4 Å². The molecule has 2 rings (SSSR count). The zero-order valence-corrected chi connectivity index (χ0v) is 8.95. The molecular formula is C13H11F3O. The number of benzene rings is 1. The average molecular weight is 240 g/mol.